The highest BCUT2D eigenvalue weighted by atomic mass is 15.3. The molecule has 1 aliphatic heterocycles. The van der Waals surface area contributed by atoms with Crippen LogP contribution in [0.4, 0.5) is 0 Å². The topological polar surface area (TPSA) is 34.0 Å². The van der Waals surface area contributed by atoms with Gasteiger partial charge in [-0.1, -0.05) is 29.8 Å². The molecule has 3 rings (SSSR count). The highest BCUT2D eigenvalue weighted by Gasteiger charge is 2.16. The quantitative estimate of drug-likeness (QED) is 0.783. The van der Waals surface area contributed by atoms with E-state index in [0.29, 0.717) is 0 Å². The van der Waals surface area contributed by atoms with Crippen LogP contribution in [0.25, 0.3) is 0 Å². The molecule has 1 aromatic carbocycles. The average Bonchev–Trinajstić information content (AvgIpc) is 2.79. The van der Waals surface area contributed by atoms with Crippen LogP contribution in [0.5, 0.6) is 0 Å². The zero-order valence-electron chi connectivity index (χ0n) is 10.0. The van der Waals surface area contributed by atoms with Gasteiger partial charge in [-0.2, -0.15) is 0 Å². The number of fused-ring (bicyclic) bond motifs is 1. The first-order valence-corrected chi connectivity index (χ1v) is 5.96. The monoisotopic (exact) mass is 228 g/mol. The van der Waals surface area contributed by atoms with Crippen molar-refractivity contribution >= 4 is 0 Å². The minimum absolute atomic E-state index is 0.897. The van der Waals surface area contributed by atoms with Crippen LogP contribution < -0.4 is 0 Å². The van der Waals surface area contributed by atoms with Gasteiger partial charge in [0.2, 0.25) is 0 Å². The Morgan fingerprint density at radius 3 is 2.82 bits per heavy atom. The smallest absolute Gasteiger partial charge is 0.147 e. The van der Waals surface area contributed by atoms with Crippen LogP contribution in [0.1, 0.15) is 17.0 Å². The molecule has 4 heteroatoms. The number of aryl methyl sites for hydroxylation is 1. The fourth-order valence-corrected chi connectivity index (χ4v) is 2.20. The lowest BCUT2D eigenvalue weighted by atomic mass is 10.1. The van der Waals surface area contributed by atoms with Crippen LogP contribution in [-0.4, -0.2) is 26.2 Å². The summed E-state index contributed by atoms with van der Waals surface area (Å²) in [6.07, 6.45) is 1.82. The minimum atomic E-state index is 0.897. The maximum absolute atomic E-state index is 4.13. The largest absolute Gasteiger partial charge is 0.315 e. The zero-order chi connectivity index (χ0) is 11.7. The lowest BCUT2D eigenvalue weighted by Gasteiger charge is -2.26. The third kappa shape index (κ3) is 2.22. The first-order chi connectivity index (χ1) is 8.31. The normalized spacial score (nSPS) is 15.8. The zero-order valence-corrected chi connectivity index (χ0v) is 10.0. The van der Waals surface area contributed by atoms with Gasteiger partial charge in [-0.25, -0.2) is 0 Å². The maximum atomic E-state index is 4.13. The molecule has 0 bridgehead atoms. The number of nitrogens with zero attached hydrogens (tertiary/aromatic N) is 4. The van der Waals surface area contributed by atoms with Gasteiger partial charge in [-0.15, -0.1) is 10.2 Å². The van der Waals surface area contributed by atoms with Crippen LogP contribution in [0.15, 0.2) is 30.6 Å². The van der Waals surface area contributed by atoms with E-state index in [1.807, 2.05) is 6.33 Å². The fraction of sp³-hybridized carbons (Fsp3) is 0.385. The minimum Gasteiger partial charge on any atom is -0.315 e. The molecular weight excluding hydrogens is 212 g/mol. The van der Waals surface area contributed by atoms with Gasteiger partial charge >= 0.3 is 0 Å². The van der Waals surface area contributed by atoms with Crippen molar-refractivity contribution in [2.75, 3.05) is 6.54 Å². The summed E-state index contributed by atoms with van der Waals surface area (Å²) >= 11 is 0. The Labute approximate surface area is 101 Å². The van der Waals surface area contributed by atoms with Crippen LogP contribution in [0, 0.1) is 6.92 Å². The third-order valence-electron chi connectivity index (χ3n) is 3.24. The van der Waals surface area contributed by atoms with Gasteiger partial charge in [0, 0.05) is 19.6 Å². The first kappa shape index (κ1) is 10.5. The SMILES string of the molecule is Cc1ccc(CN2CCn3cnnc3C2)cc1. The van der Waals surface area contributed by atoms with Crippen LogP contribution >= 0.6 is 0 Å². The van der Waals surface area contributed by atoms with Gasteiger partial charge in [0.25, 0.3) is 0 Å². The molecule has 1 aromatic heterocycles. The fourth-order valence-electron chi connectivity index (χ4n) is 2.20. The Morgan fingerprint density at radius 2 is 2.00 bits per heavy atom. The summed E-state index contributed by atoms with van der Waals surface area (Å²) in [6, 6.07) is 8.74. The highest BCUT2D eigenvalue weighted by Crippen LogP contribution is 2.13. The van der Waals surface area contributed by atoms with E-state index in [1.54, 1.807) is 0 Å². The number of rotatable bonds is 2. The van der Waals surface area contributed by atoms with Crippen molar-refractivity contribution in [3.8, 4) is 0 Å². The summed E-state index contributed by atoms with van der Waals surface area (Å²) in [6.45, 7) is 6.07. The van der Waals surface area contributed by atoms with E-state index in [4.69, 9.17) is 0 Å². The van der Waals surface area contributed by atoms with Gasteiger partial charge in [0.1, 0.15) is 12.2 Å². The predicted octanol–water partition coefficient (Wildman–Crippen LogP) is 1.60. The molecule has 0 radical (unpaired) electrons. The second kappa shape index (κ2) is 4.30. The Bertz CT molecular complexity index is 500. The van der Waals surface area contributed by atoms with Gasteiger partial charge in [0.15, 0.2) is 0 Å². The molecule has 4 nitrogen and oxygen atoms in total. The maximum Gasteiger partial charge on any atom is 0.147 e. The van der Waals surface area contributed by atoms with Crippen molar-refractivity contribution < 1.29 is 0 Å². The number of hydrogen-bond acceptors (Lipinski definition) is 3. The molecule has 2 aromatic rings. The van der Waals surface area contributed by atoms with Crippen molar-refractivity contribution in [3.63, 3.8) is 0 Å². The Hall–Kier alpha value is -1.68. The Morgan fingerprint density at radius 1 is 1.18 bits per heavy atom. The van der Waals surface area contributed by atoms with E-state index in [-0.39, 0.29) is 0 Å². The molecule has 17 heavy (non-hydrogen) atoms. The van der Waals surface area contributed by atoms with E-state index in [1.165, 1.54) is 11.1 Å². The number of hydrogen-bond donors (Lipinski definition) is 0. The molecule has 0 aliphatic carbocycles. The van der Waals surface area contributed by atoms with Crippen LogP contribution in [0.2, 0.25) is 0 Å². The van der Waals surface area contributed by atoms with Gasteiger partial charge < -0.3 is 4.57 Å². The Kier molecular flexibility index (Phi) is 2.65. The molecule has 1 aliphatic rings. The third-order valence-corrected chi connectivity index (χ3v) is 3.24. The summed E-state index contributed by atoms with van der Waals surface area (Å²) in [7, 11) is 0. The molecule has 88 valence electrons. The molecule has 0 unspecified atom stereocenters. The molecule has 0 fully saturated rings. The molecule has 2 heterocycles. The van der Waals surface area contributed by atoms with E-state index in [2.05, 4.69) is 50.9 Å². The summed E-state index contributed by atoms with van der Waals surface area (Å²) < 4.78 is 2.13. The predicted molar refractivity (Wildman–Crippen MR) is 65.3 cm³/mol. The summed E-state index contributed by atoms with van der Waals surface area (Å²) in [5.41, 5.74) is 2.68. The average molecular weight is 228 g/mol. The summed E-state index contributed by atoms with van der Waals surface area (Å²) in [5, 5.41) is 8.08. The van der Waals surface area contributed by atoms with Crippen molar-refractivity contribution in [1.82, 2.24) is 19.7 Å². The molecule has 0 spiro atoms. The summed E-state index contributed by atoms with van der Waals surface area (Å²) in [4.78, 5) is 2.41. The van der Waals surface area contributed by atoms with E-state index < -0.39 is 0 Å². The number of aromatic nitrogens is 3. The van der Waals surface area contributed by atoms with Crippen molar-refractivity contribution in [1.29, 1.82) is 0 Å². The van der Waals surface area contributed by atoms with E-state index in [0.717, 1.165) is 32.0 Å². The second-order valence-corrected chi connectivity index (χ2v) is 4.64. The summed E-state index contributed by atoms with van der Waals surface area (Å²) in [5.74, 6) is 1.07. The van der Waals surface area contributed by atoms with Crippen molar-refractivity contribution in [2.24, 2.45) is 0 Å². The second-order valence-electron chi connectivity index (χ2n) is 4.64. The molecule has 0 atom stereocenters. The molecule has 0 saturated heterocycles. The molecule has 0 N–H and O–H groups in total. The van der Waals surface area contributed by atoms with Gasteiger partial charge in [-0.05, 0) is 12.5 Å². The van der Waals surface area contributed by atoms with Crippen molar-refractivity contribution in [3.05, 3.63) is 47.5 Å². The van der Waals surface area contributed by atoms with E-state index >= 15 is 0 Å². The van der Waals surface area contributed by atoms with Crippen LogP contribution in [0.3, 0.4) is 0 Å². The highest BCUT2D eigenvalue weighted by molar-refractivity contribution is 5.21. The molecular formula is C13H16N4. The lowest BCUT2D eigenvalue weighted by molar-refractivity contribution is 0.209. The number of benzene rings is 1. The van der Waals surface area contributed by atoms with Gasteiger partial charge in [-0.3, -0.25) is 4.90 Å². The van der Waals surface area contributed by atoms with E-state index in [9.17, 15) is 0 Å². The first-order valence-electron chi connectivity index (χ1n) is 5.96. The standard InChI is InChI=1S/C13H16N4/c1-11-2-4-12(5-3-11)8-16-6-7-17-10-14-15-13(17)9-16/h2-5,10H,6-9H2,1H3. The van der Waals surface area contributed by atoms with Crippen LogP contribution in [-0.2, 0) is 19.6 Å². The molecule has 0 amide bonds. The molecule has 0 saturated carbocycles. The lowest BCUT2D eigenvalue weighted by Crippen LogP contribution is -2.33. The van der Waals surface area contributed by atoms with Crippen molar-refractivity contribution in [2.45, 2.75) is 26.6 Å². The van der Waals surface area contributed by atoms with Gasteiger partial charge in [0.05, 0.1) is 6.54 Å². The Balaban J connectivity index is 1.69.